The first-order valence-electron chi connectivity index (χ1n) is 11.0. The van der Waals surface area contributed by atoms with Crippen LogP contribution >= 0.6 is 11.6 Å². The number of aromatic nitrogens is 4. The monoisotopic (exact) mass is 510 g/mol. The summed E-state index contributed by atoms with van der Waals surface area (Å²) in [4.78, 5) is 6.45. The first-order chi connectivity index (χ1) is 16.7. The summed E-state index contributed by atoms with van der Waals surface area (Å²) in [6.45, 7) is 3.99. The second kappa shape index (κ2) is 10.8. The van der Waals surface area contributed by atoms with Crippen LogP contribution in [-0.2, 0) is 6.54 Å². The van der Waals surface area contributed by atoms with E-state index in [1.54, 1.807) is 19.5 Å². The molecule has 9 nitrogen and oxygen atoms in total. The zero-order valence-corrected chi connectivity index (χ0v) is 20.6. The van der Waals surface area contributed by atoms with E-state index in [0.29, 0.717) is 22.9 Å². The lowest BCUT2D eigenvalue weighted by molar-refractivity contribution is -0.591. The zero-order valence-electron chi connectivity index (χ0n) is 19.1. The van der Waals surface area contributed by atoms with E-state index in [4.69, 9.17) is 16.3 Å². The van der Waals surface area contributed by atoms with Crippen molar-refractivity contribution in [2.24, 2.45) is 0 Å². The first-order valence-corrected chi connectivity index (χ1v) is 11.4. The van der Waals surface area contributed by atoms with Crippen molar-refractivity contribution >= 4 is 33.9 Å². The molecule has 0 spiro atoms. The largest absolute Gasteiger partial charge is 1.00 e. The number of nitrogens with zero attached hydrogens (tertiary/aromatic N) is 7. The second-order valence-corrected chi connectivity index (χ2v) is 8.47. The van der Waals surface area contributed by atoms with Gasteiger partial charge in [0.2, 0.25) is 0 Å². The molecule has 0 atom stereocenters. The van der Waals surface area contributed by atoms with E-state index in [9.17, 15) is 5.26 Å². The van der Waals surface area contributed by atoms with Crippen LogP contribution < -0.4 is 32.4 Å². The molecule has 0 saturated carbocycles. The molecule has 11 heteroatoms. The molecule has 1 fully saturated rings. The number of ether oxygens (including phenoxy) is 1. The quantitative estimate of drug-likeness (QED) is 0.363. The Labute approximate surface area is 214 Å². The second-order valence-electron chi connectivity index (χ2n) is 8.06. The lowest BCUT2D eigenvalue weighted by Crippen LogP contribution is -3.00. The van der Waals surface area contributed by atoms with Crippen molar-refractivity contribution in [1.29, 1.82) is 5.26 Å². The molecule has 1 aliphatic rings. The molecule has 3 heterocycles. The third-order valence-corrected chi connectivity index (χ3v) is 6.37. The summed E-state index contributed by atoms with van der Waals surface area (Å²) in [7, 11) is 1.60. The van der Waals surface area contributed by atoms with E-state index in [1.165, 1.54) is 0 Å². The van der Waals surface area contributed by atoms with Gasteiger partial charge in [0.25, 0.3) is 5.82 Å². The number of methoxy groups -OCH3 is 1. The van der Waals surface area contributed by atoms with E-state index < -0.39 is 0 Å². The number of anilines is 1. The highest BCUT2D eigenvalue weighted by Crippen LogP contribution is 2.31. The Kier molecular flexibility index (Phi) is 7.56. The SMILES string of the molecule is COc1ccc(C[NH2+]c2nncc3c(N4CCN(n5ccnc5)CC4)cc(C#N)cc23)cc1Cl.[Cl-]. The van der Waals surface area contributed by atoms with Gasteiger partial charge in [-0.05, 0) is 30.3 Å². The van der Waals surface area contributed by atoms with Gasteiger partial charge in [-0.15, -0.1) is 0 Å². The molecule has 35 heavy (non-hydrogen) atoms. The van der Waals surface area contributed by atoms with Crippen LogP contribution in [0, 0.1) is 11.3 Å². The highest BCUT2D eigenvalue weighted by atomic mass is 35.5. The Hall–Kier alpha value is -3.58. The van der Waals surface area contributed by atoms with Gasteiger partial charge in [0.05, 0.1) is 48.4 Å². The van der Waals surface area contributed by atoms with Gasteiger partial charge >= 0.3 is 0 Å². The third kappa shape index (κ3) is 5.10. The molecule has 0 aliphatic carbocycles. The van der Waals surface area contributed by atoms with Crippen LogP contribution in [0.1, 0.15) is 11.1 Å². The number of hydrogen-bond acceptors (Lipinski definition) is 7. The number of halogens is 2. The summed E-state index contributed by atoms with van der Waals surface area (Å²) in [5.74, 6) is 1.40. The molecule has 2 N–H and O–H groups in total. The van der Waals surface area contributed by atoms with Crippen molar-refractivity contribution in [1.82, 2.24) is 19.9 Å². The van der Waals surface area contributed by atoms with Crippen LogP contribution in [0.5, 0.6) is 5.75 Å². The predicted molar refractivity (Wildman–Crippen MR) is 130 cm³/mol. The average molecular weight is 511 g/mol. The van der Waals surface area contributed by atoms with Gasteiger partial charge < -0.3 is 27.1 Å². The Morgan fingerprint density at radius 1 is 1.14 bits per heavy atom. The molecule has 1 saturated heterocycles. The zero-order chi connectivity index (χ0) is 23.5. The summed E-state index contributed by atoms with van der Waals surface area (Å²) in [6.07, 6.45) is 7.34. The molecule has 180 valence electrons. The number of nitriles is 1. The first kappa shape index (κ1) is 24.5. The highest BCUT2D eigenvalue weighted by molar-refractivity contribution is 6.32. The average Bonchev–Trinajstić information content (AvgIpc) is 3.42. The van der Waals surface area contributed by atoms with Gasteiger partial charge in [0.1, 0.15) is 18.6 Å². The summed E-state index contributed by atoms with van der Waals surface area (Å²) in [5.41, 5.74) is 2.66. The number of quaternary nitrogens is 1. The molecule has 1 aliphatic heterocycles. The van der Waals surface area contributed by atoms with Crippen molar-refractivity contribution in [2.75, 3.05) is 43.2 Å². The number of hydrogen-bond donors (Lipinski definition) is 1. The molecule has 0 unspecified atom stereocenters. The number of benzene rings is 2. The normalized spacial score (nSPS) is 13.4. The minimum atomic E-state index is 0. The smallest absolute Gasteiger partial charge is 0.252 e. The van der Waals surface area contributed by atoms with Crippen molar-refractivity contribution in [3.63, 3.8) is 0 Å². The van der Waals surface area contributed by atoms with Gasteiger partial charge in [-0.25, -0.2) is 4.98 Å². The van der Waals surface area contributed by atoms with Crippen LogP contribution in [0.25, 0.3) is 10.8 Å². The van der Waals surface area contributed by atoms with E-state index in [-0.39, 0.29) is 12.4 Å². The van der Waals surface area contributed by atoms with Gasteiger partial charge in [-0.2, -0.15) is 10.4 Å². The van der Waals surface area contributed by atoms with Gasteiger partial charge in [-0.3, -0.25) is 9.99 Å². The fourth-order valence-electron chi connectivity index (χ4n) is 4.30. The lowest BCUT2D eigenvalue weighted by Gasteiger charge is -2.37. The molecular formula is C24H24Cl2N8O. The molecular weight excluding hydrogens is 487 g/mol. The van der Waals surface area contributed by atoms with Crippen molar-refractivity contribution < 1.29 is 22.5 Å². The standard InChI is InChI=1S/C24H23ClN8O.ClH/c1-34-23-3-2-17(11-21(23)25)14-28-24-19-10-18(13-26)12-22(20(19)15-29-30-24)31-6-8-32(9-7-31)33-5-4-27-16-33;/h2-5,10-12,15-16H,6-9,14H2,1H3,(H,28,30);1H. The van der Waals surface area contributed by atoms with Crippen LogP contribution in [0.2, 0.25) is 5.02 Å². The Balaban J connectivity index is 0.00000289. The molecule has 5 rings (SSSR count). The predicted octanol–water partition coefficient (Wildman–Crippen LogP) is -0.783. The number of imidazole rings is 1. The van der Waals surface area contributed by atoms with Crippen molar-refractivity contribution in [3.8, 4) is 11.8 Å². The maximum atomic E-state index is 9.71. The summed E-state index contributed by atoms with van der Waals surface area (Å²) < 4.78 is 7.26. The number of nitrogens with two attached hydrogens (primary N) is 1. The summed E-state index contributed by atoms with van der Waals surface area (Å²) in [5, 5.41) is 25.1. The fourth-order valence-corrected chi connectivity index (χ4v) is 4.58. The number of fused-ring (bicyclic) bond motifs is 1. The topological polar surface area (TPSA) is 99.7 Å². The molecule has 4 aromatic rings. The number of rotatable bonds is 6. The Bertz CT molecular complexity index is 1350. The Morgan fingerprint density at radius 3 is 2.66 bits per heavy atom. The van der Waals surface area contributed by atoms with E-state index >= 15 is 0 Å². The minimum Gasteiger partial charge on any atom is -1.00 e. The maximum Gasteiger partial charge on any atom is 0.252 e. The van der Waals surface area contributed by atoms with Crippen LogP contribution in [0.3, 0.4) is 0 Å². The molecule has 0 amide bonds. The summed E-state index contributed by atoms with van der Waals surface area (Å²) >= 11 is 6.28. The fraction of sp³-hybridized carbons (Fsp3) is 0.250. The number of piperazine rings is 1. The van der Waals surface area contributed by atoms with E-state index in [1.807, 2.05) is 52.8 Å². The maximum absolute atomic E-state index is 9.71. The van der Waals surface area contributed by atoms with Gasteiger partial charge in [0.15, 0.2) is 0 Å². The molecule has 0 radical (unpaired) electrons. The van der Waals surface area contributed by atoms with Crippen molar-refractivity contribution in [2.45, 2.75) is 6.54 Å². The molecule has 0 bridgehead atoms. The van der Waals surface area contributed by atoms with Crippen LogP contribution in [-0.4, -0.2) is 53.1 Å². The van der Waals surface area contributed by atoms with Gasteiger partial charge in [-0.1, -0.05) is 16.7 Å². The van der Waals surface area contributed by atoms with Crippen LogP contribution in [0.4, 0.5) is 11.5 Å². The lowest BCUT2D eigenvalue weighted by atomic mass is 10.1. The molecule has 2 aromatic heterocycles. The third-order valence-electron chi connectivity index (χ3n) is 6.08. The highest BCUT2D eigenvalue weighted by Gasteiger charge is 2.21. The van der Waals surface area contributed by atoms with E-state index in [0.717, 1.165) is 54.0 Å². The summed E-state index contributed by atoms with van der Waals surface area (Å²) in [6, 6.07) is 11.9. The molecule has 2 aromatic carbocycles. The van der Waals surface area contributed by atoms with Crippen LogP contribution in [0.15, 0.2) is 55.2 Å². The van der Waals surface area contributed by atoms with Gasteiger partial charge in [0, 0.05) is 42.1 Å². The minimum absolute atomic E-state index is 0. The van der Waals surface area contributed by atoms with E-state index in [2.05, 4.69) is 31.2 Å². The Morgan fingerprint density at radius 2 is 1.97 bits per heavy atom. The van der Waals surface area contributed by atoms with Crippen molar-refractivity contribution in [3.05, 3.63) is 71.4 Å².